The van der Waals surface area contributed by atoms with Gasteiger partial charge in [0.15, 0.2) is 0 Å². The topological polar surface area (TPSA) is 62.1 Å². The van der Waals surface area contributed by atoms with E-state index in [-0.39, 0.29) is 6.67 Å². The molecule has 0 spiro atoms. The molecular weight excluding hydrogens is 429 g/mol. The van der Waals surface area contributed by atoms with Crippen molar-refractivity contribution in [3.8, 4) is 11.3 Å². The summed E-state index contributed by atoms with van der Waals surface area (Å²) >= 11 is 0. The number of imidazole rings is 1. The van der Waals surface area contributed by atoms with Gasteiger partial charge in [0.1, 0.15) is 18.3 Å². The Labute approximate surface area is 198 Å². The van der Waals surface area contributed by atoms with Crippen LogP contribution in [-0.4, -0.2) is 63.8 Å². The zero-order valence-corrected chi connectivity index (χ0v) is 19.3. The molecule has 0 bridgehead atoms. The lowest BCUT2D eigenvalue weighted by atomic mass is 10.1. The molecule has 7 nitrogen and oxygen atoms in total. The summed E-state index contributed by atoms with van der Waals surface area (Å²) in [6.07, 6.45) is 7.34. The number of pyridine rings is 2. The monoisotopic (exact) mass is 457 g/mol. The predicted molar refractivity (Wildman–Crippen MR) is 135 cm³/mol. The first-order valence-electron chi connectivity index (χ1n) is 11.4. The molecule has 0 unspecified atom stereocenters. The maximum Gasteiger partial charge on any atom is 0.130 e. The normalized spacial score (nSPS) is 14.5. The fourth-order valence-corrected chi connectivity index (χ4v) is 4.33. The maximum atomic E-state index is 12.6. The summed E-state index contributed by atoms with van der Waals surface area (Å²) in [5.41, 5.74) is 3.89. The van der Waals surface area contributed by atoms with Gasteiger partial charge in [-0.15, -0.1) is 0 Å². The minimum Gasteiger partial charge on any atom is -0.354 e. The molecule has 0 atom stereocenters. The molecule has 4 aromatic rings. The van der Waals surface area contributed by atoms with Crippen molar-refractivity contribution in [2.75, 3.05) is 49.6 Å². The minimum atomic E-state index is -0.299. The molecule has 8 heteroatoms. The van der Waals surface area contributed by atoms with Gasteiger partial charge in [0.05, 0.1) is 18.2 Å². The highest BCUT2D eigenvalue weighted by molar-refractivity contribution is 5.89. The number of aryl methyl sites for hydroxylation is 1. The molecule has 34 heavy (non-hydrogen) atoms. The number of hydrogen-bond acceptors (Lipinski definition) is 6. The smallest absolute Gasteiger partial charge is 0.130 e. The van der Waals surface area contributed by atoms with Crippen LogP contribution in [0.25, 0.3) is 27.7 Å². The quantitative estimate of drug-likeness (QED) is 0.449. The summed E-state index contributed by atoms with van der Waals surface area (Å²) in [5.74, 6) is 1.64. The molecule has 1 fully saturated rings. The average molecular weight is 458 g/mol. The van der Waals surface area contributed by atoms with Crippen molar-refractivity contribution < 1.29 is 4.39 Å². The molecule has 1 aliphatic rings. The molecule has 3 aromatic heterocycles. The van der Waals surface area contributed by atoms with E-state index in [0.717, 1.165) is 71.1 Å². The van der Waals surface area contributed by atoms with E-state index in [9.17, 15) is 4.39 Å². The molecule has 0 amide bonds. The fourth-order valence-electron chi connectivity index (χ4n) is 4.33. The summed E-state index contributed by atoms with van der Waals surface area (Å²) in [6.45, 7) is 7.80. The Kier molecular flexibility index (Phi) is 6.22. The zero-order chi connectivity index (χ0) is 23.5. The number of aromatic nitrogens is 4. The molecule has 1 saturated heterocycles. The van der Waals surface area contributed by atoms with Crippen molar-refractivity contribution in [1.82, 2.24) is 24.4 Å². The van der Waals surface area contributed by atoms with Crippen LogP contribution in [0.3, 0.4) is 0 Å². The van der Waals surface area contributed by atoms with Crippen LogP contribution in [0.4, 0.5) is 16.0 Å². The van der Waals surface area contributed by atoms with E-state index in [1.807, 2.05) is 42.2 Å². The third-order valence-corrected chi connectivity index (χ3v) is 6.30. The molecule has 1 N–H and O–H groups in total. The van der Waals surface area contributed by atoms with Crippen molar-refractivity contribution >= 4 is 28.1 Å². The molecule has 0 saturated carbocycles. The lowest BCUT2D eigenvalue weighted by molar-refractivity contribution is 0.235. The summed E-state index contributed by atoms with van der Waals surface area (Å²) in [4.78, 5) is 17.7. The lowest BCUT2D eigenvalue weighted by Gasteiger charge is -2.35. The van der Waals surface area contributed by atoms with Gasteiger partial charge in [-0.05, 0) is 29.7 Å². The number of rotatable bonds is 7. The molecular formula is C26H28FN7. The summed E-state index contributed by atoms with van der Waals surface area (Å²) in [5, 5.41) is 5.51. The van der Waals surface area contributed by atoms with Crippen LogP contribution in [0, 0.1) is 0 Å². The fraction of sp³-hybridized carbons (Fsp3) is 0.269. The summed E-state index contributed by atoms with van der Waals surface area (Å²) in [7, 11) is 1.99. The Morgan fingerprint density at radius 3 is 2.65 bits per heavy atom. The molecule has 0 aliphatic carbocycles. The molecule has 5 rings (SSSR count). The summed E-state index contributed by atoms with van der Waals surface area (Å²) in [6, 6.07) is 12.3. The molecule has 174 valence electrons. The number of anilines is 2. The Hall–Kier alpha value is -3.78. The molecule has 0 radical (unpaired) electrons. The van der Waals surface area contributed by atoms with E-state index in [0.29, 0.717) is 6.54 Å². The van der Waals surface area contributed by atoms with Crippen LogP contribution < -0.4 is 10.2 Å². The van der Waals surface area contributed by atoms with Gasteiger partial charge < -0.3 is 14.8 Å². The van der Waals surface area contributed by atoms with Gasteiger partial charge in [0.25, 0.3) is 0 Å². The van der Waals surface area contributed by atoms with Crippen LogP contribution in [0.2, 0.25) is 0 Å². The third-order valence-electron chi connectivity index (χ3n) is 6.30. The van der Waals surface area contributed by atoms with Gasteiger partial charge >= 0.3 is 0 Å². The maximum absolute atomic E-state index is 12.6. The number of piperazine rings is 1. The number of benzene rings is 1. The van der Waals surface area contributed by atoms with E-state index < -0.39 is 0 Å². The third kappa shape index (κ3) is 4.63. The SMILES string of the molecule is C=C(Nc1cc2cc(-c3cncn3C)ccc2cn1)c1ccnc(N2CCN(CCF)CC2)c1. The van der Waals surface area contributed by atoms with Crippen LogP contribution >= 0.6 is 0 Å². The van der Waals surface area contributed by atoms with Crippen molar-refractivity contribution in [2.24, 2.45) is 7.05 Å². The Bertz CT molecular complexity index is 1310. The van der Waals surface area contributed by atoms with E-state index in [1.165, 1.54) is 0 Å². The molecule has 4 heterocycles. The zero-order valence-electron chi connectivity index (χ0n) is 19.3. The number of hydrogen-bond donors (Lipinski definition) is 1. The first-order chi connectivity index (χ1) is 16.6. The van der Waals surface area contributed by atoms with Gasteiger partial charge in [-0.2, -0.15) is 0 Å². The Morgan fingerprint density at radius 2 is 1.88 bits per heavy atom. The predicted octanol–water partition coefficient (Wildman–Crippen LogP) is 4.20. The first-order valence-corrected chi connectivity index (χ1v) is 11.4. The van der Waals surface area contributed by atoms with Gasteiger partial charge in [-0.25, -0.2) is 19.3 Å². The number of nitrogens with zero attached hydrogens (tertiary/aromatic N) is 6. The molecule has 1 aliphatic heterocycles. The van der Waals surface area contributed by atoms with Crippen molar-refractivity contribution in [1.29, 1.82) is 0 Å². The van der Waals surface area contributed by atoms with Gasteiger partial charge in [0.2, 0.25) is 0 Å². The highest BCUT2D eigenvalue weighted by atomic mass is 19.1. The number of alkyl halides is 1. The van der Waals surface area contributed by atoms with Gasteiger partial charge in [0, 0.05) is 74.4 Å². The van der Waals surface area contributed by atoms with E-state index in [2.05, 4.69) is 54.8 Å². The lowest BCUT2D eigenvalue weighted by Crippen LogP contribution is -2.47. The summed E-state index contributed by atoms with van der Waals surface area (Å²) < 4.78 is 14.6. The Balaban J connectivity index is 1.31. The van der Waals surface area contributed by atoms with Crippen molar-refractivity contribution in [2.45, 2.75) is 0 Å². The van der Waals surface area contributed by atoms with Gasteiger partial charge in [-0.1, -0.05) is 18.7 Å². The van der Waals surface area contributed by atoms with E-state index >= 15 is 0 Å². The van der Waals surface area contributed by atoms with E-state index in [4.69, 9.17) is 0 Å². The second kappa shape index (κ2) is 9.61. The minimum absolute atomic E-state index is 0.299. The largest absolute Gasteiger partial charge is 0.354 e. The van der Waals surface area contributed by atoms with Gasteiger partial charge in [-0.3, -0.25) is 4.90 Å². The molecule has 1 aromatic carbocycles. The highest BCUT2D eigenvalue weighted by Crippen LogP contribution is 2.26. The van der Waals surface area contributed by atoms with Crippen molar-refractivity contribution in [3.05, 3.63) is 73.5 Å². The van der Waals surface area contributed by atoms with Crippen LogP contribution in [0.15, 0.2) is 67.9 Å². The highest BCUT2D eigenvalue weighted by Gasteiger charge is 2.18. The second-order valence-corrected chi connectivity index (χ2v) is 8.55. The number of halogens is 1. The number of fused-ring (bicyclic) bond motifs is 1. The number of nitrogens with one attached hydrogen (secondary N) is 1. The van der Waals surface area contributed by atoms with Crippen molar-refractivity contribution in [3.63, 3.8) is 0 Å². The average Bonchev–Trinajstić information content (AvgIpc) is 3.30. The standard InChI is InChI=1S/C26H28FN7/c1-19(20-5-7-29-26(15-20)34-11-9-33(8-6-27)10-12-34)31-25-14-23-13-21(3-4-22(23)16-30-25)24-17-28-18-32(24)2/h3-5,7,13-18H,1,6,8-12H2,2H3,(H,30,31). The Morgan fingerprint density at radius 1 is 1.03 bits per heavy atom. The first kappa shape index (κ1) is 22.0. The van der Waals surface area contributed by atoms with E-state index in [1.54, 1.807) is 12.5 Å². The second-order valence-electron chi connectivity index (χ2n) is 8.55. The van der Waals surface area contributed by atoms with Crippen LogP contribution in [-0.2, 0) is 7.05 Å². The van der Waals surface area contributed by atoms with Crippen LogP contribution in [0.5, 0.6) is 0 Å². The van der Waals surface area contributed by atoms with Crippen LogP contribution in [0.1, 0.15) is 5.56 Å².